The third-order valence-corrected chi connectivity index (χ3v) is 10.7. The molecule has 5 rings (SSSR count). The molecule has 11 heteroatoms. The van der Waals surface area contributed by atoms with Crippen LogP contribution in [0.15, 0.2) is 83.9 Å². The molecule has 41 heavy (non-hydrogen) atoms. The van der Waals surface area contributed by atoms with Gasteiger partial charge in [-0.1, -0.05) is 60.7 Å². The zero-order valence-electron chi connectivity index (χ0n) is 23.1. The molecule has 0 saturated carbocycles. The molecular weight excluding hydrogens is 545 g/mol. The minimum absolute atomic E-state index is 0.00458. The number of nitrogens with two attached hydrogens (primary N) is 1. The van der Waals surface area contributed by atoms with E-state index in [0.29, 0.717) is 18.8 Å². The predicted molar refractivity (Wildman–Crippen MR) is 156 cm³/mol. The van der Waals surface area contributed by atoms with E-state index < -0.39 is 32.0 Å². The molecule has 0 bridgehead atoms. The largest absolute Gasteiger partial charge is 0.375 e. The van der Waals surface area contributed by atoms with Crippen LogP contribution >= 0.6 is 0 Å². The minimum atomic E-state index is -4.19. The molecule has 2 aliphatic rings. The lowest BCUT2D eigenvalue weighted by atomic mass is 9.78. The summed E-state index contributed by atoms with van der Waals surface area (Å²) in [6, 6.07) is 23.0. The number of nitrogens with one attached hydrogen (secondary N) is 1. The second kappa shape index (κ2) is 11.2. The Balaban J connectivity index is 1.63. The Labute approximate surface area is 239 Å². The number of methoxy groups -OCH3 is 1. The summed E-state index contributed by atoms with van der Waals surface area (Å²) >= 11 is 0. The van der Waals surface area contributed by atoms with Gasteiger partial charge in [-0.3, -0.25) is 9.69 Å². The third-order valence-electron chi connectivity index (χ3n) is 8.04. The first-order chi connectivity index (χ1) is 19.6. The first-order valence-corrected chi connectivity index (χ1v) is 14.8. The van der Waals surface area contributed by atoms with Crippen LogP contribution in [0.5, 0.6) is 0 Å². The van der Waals surface area contributed by atoms with Crippen molar-refractivity contribution in [1.82, 2.24) is 9.21 Å². The summed E-state index contributed by atoms with van der Waals surface area (Å²) in [5, 5.41) is 2.68. The number of sulfonamides is 1. The van der Waals surface area contributed by atoms with Crippen LogP contribution in [0.4, 0.5) is 10.1 Å². The molecule has 216 valence electrons. The second-order valence-corrected chi connectivity index (χ2v) is 12.8. The van der Waals surface area contributed by atoms with Crippen molar-refractivity contribution in [1.29, 1.82) is 0 Å². The van der Waals surface area contributed by atoms with Gasteiger partial charge in [0.1, 0.15) is 22.7 Å². The van der Waals surface area contributed by atoms with Crippen molar-refractivity contribution in [3.05, 3.63) is 101 Å². The maximum absolute atomic E-state index is 15.7. The van der Waals surface area contributed by atoms with Crippen LogP contribution in [0.1, 0.15) is 30.0 Å². The standard InChI is InChI=1S/C30H34FN5O4S/c1-29(25-17-24(13-14-26(25)31)33-27(37)20-40-2)30(15-16-35(21-30)18-22-9-5-3-6-10-22)41(38,39)36(28(32)34-29)19-23-11-7-4-8-12-23/h3-14,17H,15-16,18-21H2,1-2H3,(H2,32,34)(H,33,37)/t29-,30-/m1/s1. The fourth-order valence-electron chi connectivity index (χ4n) is 5.94. The summed E-state index contributed by atoms with van der Waals surface area (Å²) in [5.41, 5.74) is 6.95. The minimum Gasteiger partial charge on any atom is -0.375 e. The lowest BCUT2D eigenvalue weighted by Crippen LogP contribution is -2.66. The summed E-state index contributed by atoms with van der Waals surface area (Å²) in [6.07, 6.45) is 0.209. The average molecular weight is 580 g/mol. The van der Waals surface area contributed by atoms with Gasteiger partial charge in [-0.05, 0) is 42.7 Å². The highest BCUT2D eigenvalue weighted by Gasteiger charge is 2.66. The number of nitrogens with zero attached hydrogens (tertiary/aromatic N) is 3. The van der Waals surface area contributed by atoms with Gasteiger partial charge in [0.25, 0.3) is 0 Å². The number of anilines is 1. The lowest BCUT2D eigenvalue weighted by Gasteiger charge is -2.49. The van der Waals surface area contributed by atoms with Crippen LogP contribution in [0.3, 0.4) is 0 Å². The van der Waals surface area contributed by atoms with Gasteiger partial charge < -0.3 is 15.8 Å². The average Bonchev–Trinajstić information content (AvgIpc) is 3.39. The quantitative estimate of drug-likeness (QED) is 0.422. The second-order valence-electron chi connectivity index (χ2n) is 10.7. The van der Waals surface area contributed by atoms with Crippen molar-refractivity contribution in [2.75, 3.05) is 32.1 Å². The van der Waals surface area contributed by atoms with E-state index in [2.05, 4.69) is 10.2 Å². The monoisotopic (exact) mass is 579 g/mol. The van der Waals surface area contributed by atoms with E-state index in [1.165, 1.54) is 25.3 Å². The van der Waals surface area contributed by atoms with Gasteiger partial charge in [0.2, 0.25) is 21.9 Å². The normalized spacial score (nSPS) is 23.9. The number of carbonyl (C=O) groups is 1. The van der Waals surface area contributed by atoms with Gasteiger partial charge in [0.05, 0.1) is 6.54 Å². The van der Waals surface area contributed by atoms with Crippen LogP contribution in [0.2, 0.25) is 0 Å². The summed E-state index contributed by atoms with van der Waals surface area (Å²) in [4.78, 5) is 19.1. The van der Waals surface area contributed by atoms with Gasteiger partial charge in [-0.25, -0.2) is 22.1 Å². The number of halogens is 1. The van der Waals surface area contributed by atoms with Gasteiger partial charge >= 0.3 is 0 Å². The van der Waals surface area contributed by atoms with Gasteiger partial charge in [-0.15, -0.1) is 0 Å². The Bertz CT molecular complexity index is 1550. The Morgan fingerprint density at radius 1 is 1.05 bits per heavy atom. The Hall–Kier alpha value is -3.80. The number of hydrogen-bond acceptors (Lipinski definition) is 7. The maximum atomic E-state index is 15.7. The van der Waals surface area contributed by atoms with E-state index in [1.807, 2.05) is 60.7 Å². The van der Waals surface area contributed by atoms with E-state index in [0.717, 1.165) is 15.4 Å². The molecular formula is C30H34FN5O4S. The molecule has 0 unspecified atom stereocenters. The molecule has 2 atom stereocenters. The summed E-state index contributed by atoms with van der Waals surface area (Å²) < 4.78 is 49.7. The molecule has 0 aromatic heterocycles. The molecule has 2 heterocycles. The number of ether oxygens (including phenoxy) is 1. The van der Waals surface area contributed by atoms with Gasteiger partial charge in [-0.2, -0.15) is 0 Å². The Kier molecular flexibility index (Phi) is 7.87. The van der Waals surface area contributed by atoms with Gasteiger partial charge in [0.15, 0.2) is 0 Å². The van der Waals surface area contributed by atoms with Gasteiger partial charge in [0, 0.05) is 38.0 Å². The Morgan fingerprint density at radius 3 is 2.32 bits per heavy atom. The lowest BCUT2D eigenvalue weighted by molar-refractivity contribution is -0.119. The van der Waals surface area contributed by atoms with E-state index in [9.17, 15) is 13.2 Å². The van der Waals surface area contributed by atoms with Crippen molar-refractivity contribution >= 4 is 27.6 Å². The molecule has 2 aliphatic heterocycles. The predicted octanol–water partition coefficient (Wildman–Crippen LogP) is 3.43. The van der Waals surface area contributed by atoms with Crippen molar-refractivity contribution in [3.63, 3.8) is 0 Å². The molecule has 1 spiro atoms. The van der Waals surface area contributed by atoms with E-state index >= 15 is 4.39 Å². The highest BCUT2D eigenvalue weighted by molar-refractivity contribution is 7.91. The summed E-state index contributed by atoms with van der Waals surface area (Å²) in [6.45, 7) is 2.55. The van der Waals surface area contributed by atoms with Crippen LogP contribution in [-0.2, 0) is 38.2 Å². The Morgan fingerprint density at radius 2 is 1.68 bits per heavy atom. The van der Waals surface area contributed by atoms with Crippen molar-refractivity contribution in [3.8, 4) is 0 Å². The molecule has 3 aromatic rings. The number of rotatable bonds is 8. The SMILES string of the molecule is COCC(=O)Nc1ccc(F)c([C@@]2(C)N=C(N)N(Cc3ccccc3)S(=O)(=O)[C@@]23CCN(Cc2ccccc2)C3)c1. The zero-order chi connectivity index (χ0) is 29.3. The molecule has 3 aromatic carbocycles. The van der Waals surface area contributed by atoms with E-state index in [-0.39, 0.29) is 37.6 Å². The summed E-state index contributed by atoms with van der Waals surface area (Å²) in [5.74, 6) is -1.27. The molecule has 0 radical (unpaired) electrons. The highest BCUT2D eigenvalue weighted by atomic mass is 32.2. The molecule has 1 amide bonds. The number of guanidine groups is 1. The third kappa shape index (κ3) is 5.20. The maximum Gasteiger partial charge on any atom is 0.250 e. The molecule has 1 saturated heterocycles. The van der Waals surface area contributed by atoms with Crippen molar-refractivity contribution in [2.24, 2.45) is 10.7 Å². The van der Waals surface area contributed by atoms with Crippen LogP contribution < -0.4 is 11.1 Å². The fourth-order valence-corrected chi connectivity index (χ4v) is 8.32. The van der Waals surface area contributed by atoms with Crippen LogP contribution in [0.25, 0.3) is 0 Å². The number of aliphatic imine (C=N–C) groups is 1. The number of hydrogen-bond donors (Lipinski definition) is 2. The van der Waals surface area contributed by atoms with Crippen molar-refractivity contribution < 1.29 is 22.3 Å². The zero-order valence-corrected chi connectivity index (χ0v) is 23.9. The van der Waals surface area contributed by atoms with Crippen molar-refractivity contribution in [2.45, 2.75) is 36.7 Å². The van der Waals surface area contributed by atoms with E-state index in [1.54, 1.807) is 6.92 Å². The number of likely N-dealkylation sites (tertiary alicyclic amines) is 1. The van der Waals surface area contributed by atoms with Crippen LogP contribution in [-0.4, -0.2) is 61.0 Å². The number of carbonyl (C=O) groups excluding carboxylic acids is 1. The first-order valence-electron chi connectivity index (χ1n) is 13.4. The number of benzene rings is 3. The molecule has 1 fully saturated rings. The number of amides is 1. The topological polar surface area (TPSA) is 117 Å². The first kappa shape index (κ1) is 28.7. The highest BCUT2D eigenvalue weighted by Crippen LogP contribution is 2.52. The smallest absolute Gasteiger partial charge is 0.250 e. The molecule has 0 aliphatic carbocycles. The summed E-state index contributed by atoms with van der Waals surface area (Å²) in [7, 11) is -2.80. The molecule has 3 N–H and O–H groups in total. The molecule has 9 nitrogen and oxygen atoms in total. The fraction of sp³-hybridized carbons (Fsp3) is 0.333. The van der Waals surface area contributed by atoms with E-state index in [4.69, 9.17) is 15.5 Å². The van der Waals surface area contributed by atoms with Crippen LogP contribution in [0, 0.1) is 5.82 Å².